The molecule has 0 unspecified atom stereocenters. The first-order valence-corrected chi connectivity index (χ1v) is 6.83. The van der Waals surface area contributed by atoms with Gasteiger partial charge in [-0.25, -0.2) is 4.79 Å². The van der Waals surface area contributed by atoms with Crippen molar-refractivity contribution in [2.45, 2.75) is 45.1 Å². The normalized spacial score (nSPS) is 18.2. The molecule has 4 nitrogen and oxygen atoms in total. The van der Waals surface area contributed by atoms with E-state index in [0.717, 1.165) is 25.7 Å². The molecule has 0 amide bonds. The first-order valence-electron chi connectivity index (χ1n) is 6.83. The summed E-state index contributed by atoms with van der Waals surface area (Å²) in [6.45, 7) is 1.71. The summed E-state index contributed by atoms with van der Waals surface area (Å²) in [5.74, 6) is -0.508. The number of aryl methyl sites for hydroxylation is 1. The second kappa shape index (κ2) is 5.61. The second-order valence-corrected chi connectivity index (χ2v) is 5.46. The van der Waals surface area contributed by atoms with E-state index in [1.165, 1.54) is 18.6 Å². The Morgan fingerprint density at radius 1 is 1.32 bits per heavy atom. The van der Waals surface area contributed by atoms with Gasteiger partial charge in [-0.05, 0) is 43.4 Å². The first-order chi connectivity index (χ1) is 9.00. The van der Waals surface area contributed by atoms with Crippen molar-refractivity contribution in [2.75, 3.05) is 0 Å². The lowest BCUT2D eigenvalue weighted by Crippen LogP contribution is -2.24. The molecule has 0 aliphatic heterocycles. The van der Waals surface area contributed by atoms with Crippen LogP contribution in [0.5, 0.6) is 5.75 Å². The second-order valence-electron chi connectivity index (χ2n) is 5.46. The van der Waals surface area contributed by atoms with E-state index >= 15 is 0 Å². The molecule has 0 aromatic heterocycles. The fourth-order valence-corrected chi connectivity index (χ4v) is 2.93. The molecule has 1 aliphatic carbocycles. The van der Waals surface area contributed by atoms with E-state index in [1.807, 2.05) is 0 Å². The summed E-state index contributed by atoms with van der Waals surface area (Å²) < 4.78 is 0. The first kappa shape index (κ1) is 13.9. The maximum atomic E-state index is 11.1. The molecule has 0 heterocycles. The molecule has 0 bridgehead atoms. The summed E-state index contributed by atoms with van der Waals surface area (Å²) in [5, 5.41) is 19.2. The SMILES string of the molecule is Cc1cc(C(=O)O)cc([C@@H](N)C2CCCCC2)c1O. The Hall–Kier alpha value is -1.55. The molecule has 19 heavy (non-hydrogen) atoms. The van der Waals surface area contributed by atoms with E-state index in [1.54, 1.807) is 6.92 Å². The van der Waals surface area contributed by atoms with E-state index in [2.05, 4.69) is 0 Å². The van der Waals surface area contributed by atoms with Gasteiger partial charge in [-0.2, -0.15) is 0 Å². The highest BCUT2D eigenvalue weighted by Crippen LogP contribution is 2.37. The summed E-state index contributed by atoms with van der Waals surface area (Å²) in [4.78, 5) is 11.1. The highest BCUT2D eigenvalue weighted by atomic mass is 16.4. The average molecular weight is 263 g/mol. The zero-order valence-electron chi connectivity index (χ0n) is 11.2. The van der Waals surface area contributed by atoms with Gasteiger partial charge in [0.15, 0.2) is 0 Å². The fourth-order valence-electron chi connectivity index (χ4n) is 2.93. The minimum absolute atomic E-state index is 0.142. The van der Waals surface area contributed by atoms with Crippen LogP contribution in [-0.2, 0) is 0 Å². The Labute approximate surface area is 113 Å². The molecular weight excluding hydrogens is 242 g/mol. The summed E-state index contributed by atoms with van der Waals surface area (Å²) in [7, 11) is 0. The molecule has 1 aromatic carbocycles. The molecule has 1 aromatic rings. The van der Waals surface area contributed by atoms with Crippen LogP contribution in [0.3, 0.4) is 0 Å². The standard InChI is InChI=1S/C15H21NO3/c1-9-7-11(15(18)19)8-12(14(9)17)13(16)10-5-3-2-4-6-10/h7-8,10,13,17H,2-6,16H2,1H3,(H,18,19)/t13-/m0/s1. The van der Waals surface area contributed by atoms with Crippen LogP contribution >= 0.6 is 0 Å². The van der Waals surface area contributed by atoms with Crippen molar-refractivity contribution >= 4 is 5.97 Å². The third-order valence-electron chi connectivity index (χ3n) is 4.09. The molecule has 2 rings (SSSR count). The van der Waals surface area contributed by atoms with E-state index in [4.69, 9.17) is 10.8 Å². The molecule has 0 saturated heterocycles. The molecule has 4 N–H and O–H groups in total. The topological polar surface area (TPSA) is 83.5 Å². The molecule has 0 spiro atoms. The van der Waals surface area contributed by atoms with Crippen molar-refractivity contribution in [1.29, 1.82) is 0 Å². The maximum absolute atomic E-state index is 11.1. The lowest BCUT2D eigenvalue weighted by atomic mass is 9.80. The number of benzene rings is 1. The number of hydrogen-bond donors (Lipinski definition) is 3. The summed E-state index contributed by atoms with van der Waals surface area (Å²) in [5.41, 5.74) is 7.59. The van der Waals surface area contributed by atoms with Crippen LogP contribution < -0.4 is 5.73 Å². The highest BCUT2D eigenvalue weighted by molar-refractivity contribution is 5.88. The highest BCUT2D eigenvalue weighted by Gasteiger charge is 2.25. The molecule has 1 aliphatic rings. The van der Waals surface area contributed by atoms with Crippen LogP contribution in [0.4, 0.5) is 0 Å². The largest absolute Gasteiger partial charge is 0.507 e. The lowest BCUT2D eigenvalue weighted by Gasteiger charge is -2.28. The van der Waals surface area contributed by atoms with Gasteiger partial charge in [0.25, 0.3) is 0 Å². The summed E-state index contributed by atoms with van der Waals surface area (Å²) >= 11 is 0. The van der Waals surface area contributed by atoms with Crippen LogP contribution in [0.1, 0.15) is 59.6 Å². The van der Waals surface area contributed by atoms with Gasteiger partial charge in [-0.3, -0.25) is 0 Å². The molecule has 104 valence electrons. The van der Waals surface area contributed by atoms with Crippen LogP contribution in [0.2, 0.25) is 0 Å². The maximum Gasteiger partial charge on any atom is 0.335 e. The minimum atomic E-state index is -0.986. The van der Waals surface area contributed by atoms with Gasteiger partial charge in [-0.1, -0.05) is 19.3 Å². The number of rotatable bonds is 3. The van der Waals surface area contributed by atoms with Gasteiger partial charge in [0.2, 0.25) is 0 Å². The van der Waals surface area contributed by atoms with E-state index in [0.29, 0.717) is 17.0 Å². The molecule has 0 radical (unpaired) electrons. The number of aromatic carboxylic acids is 1. The third kappa shape index (κ3) is 2.89. The molecule has 4 heteroatoms. The lowest BCUT2D eigenvalue weighted by molar-refractivity contribution is 0.0696. The van der Waals surface area contributed by atoms with Crippen LogP contribution in [-0.4, -0.2) is 16.2 Å². The molecule has 1 atom stereocenters. The van der Waals surface area contributed by atoms with Gasteiger partial charge in [0.05, 0.1) is 5.56 Å². The number of hydrogen-bond acceptors (Lipinski definition) is 3. The number of carboxylic acid groups (broad SMARTS) is 1. The number of phenolic OH excluding ortho intramolecular Hbond substituents is 1. The van der Waals surface area contributed by atoms with E-state index in [9.17, 15) is 9.90 Å². The average Bonchev–Trinajstić information content (AvgIpc) is 2.41. The Balaban J connectivity index is 2.34. The predicted molar refractivity (Wildman–Crippen MR) is 73.3 cm³/mol. The van der Waals surface area contributed by atoms with Gasteiger partial charge in [0, 0.05) is 11.6 Å². The van der Waals surface area contributed by atoms with Crippen molar-refractivity contribution in [1.82, 2.24) is 0 Å². The van der Waals surface area contributed by atoms with Gasteiger partial charge >= 0.3 is 5.97 Å². The van der Waals surface area contributed by atoms with Crippen LogP contribution in [0.25, 0.3) is 0 Å². The number of aromatic hydroxyl groups is 1. The third-order valence-corrected chi connectivity index (χ3v) is 4.09. The minimum Gasteiger partial charge on any atom is -0.507 e. The van der Waals surface area contributed by atoms with E-state index in [-0.39, 0.29) is 17.4 Å². The monoisotopic (exact) mass is 263 g/mol. The Morgan fingerprint density at radius 2 is 1.95 bits per heavy atom. The van der Waals surface area contributed by atoms with Gasteiger partial charge in [0.1, 0.15) is 5.75 Å². The molecule has 1 saturated carbocycles. The quantitative estimate of drug-likeness (QED) is 0.782. The van der Waals surface area contributed by atoms with Crippen molar-refractivity contribution in [3.05, 3.63) is 28.8 Å². The van der Waals surface area contributed by atoms with Crippen molar-refractivity contribution in [3.8, 4) is 5.75 Å². The zero-order valence-corrected chi connectivity index (χ0v) is 11.2. The van der Waals surface area contributed by atoms with Gasteiger partial charge < -0.3 is 15.9 Å². The Morgan fingerprint density at radius 3 is 2.53 bits per heavy atom. The van der Waals surface area contributed by atoms with Crippen LogP contribution in [0.15, 0.2) is 12.1 Å². The fraction of sp³-hybridized carbons (Fsp3) is 0.533. The van der Waals surface area contributed by atoms with Crippen molar-refractivity contribution < 1.29 is 15.0 Å². The zero-order chi connectivity index (χ0) is 14.0. The molecular formula is C15H21NO3. The number of carboxylic acids is 1. The predicted octanol–water partition coefficient (Wildman–Crippen LogP) is 2.98. The summed E-state index contributed by atoms with van der Waals surface area (Å²) in [6, 6.07) is 2.72. The van der Waals surface area contributed by atoms with Gasteiger partial charge in [-0.15, -0.1) is 0 Å². The Kier molecular flexibility index (Phi) is 4.10. The van der Waals surface area contributed by atoms with Crippen molar-refractivity contribution in [2.24, 2.45) is 11.7 Å². The van der Waals surface area contributed by atoms with E-state index < -0.39 is 5.97 Å². The summed E-state index contributed by atoms with van der Waals surface area (Å²) in [6.07, 6.45) is 5.67. The van der Waals surface area contributed by atoms with Crippen LogP contribution in [0, 0.1) is 12.8 Å². The number of carbonyl (C=O) groups is 1. The smallest absolute Gasteiger partial charge is 0.335 e. The molecule has 1 fully saturated rings. The van der Waals surface area contributed by atoms with Crippen molar-refractivity contribution in [3.63, 3.8) is 0 Å². The Bertz CT molecular complexity index is 479. The number of phenols is 1. The number of nitrogens with two attached hydrogens (primary N) is 1.